The van der Waals surface area contributed by atoms with E-state index in [1.54, 1.807) is 29.5 Å². The lowest BCUT2D eigenvalue weighted by atomic mass is 10.2. The molecule has 11 heteroatoms. The fraction of sp³-hybridized carbons (Fsp3) is 0.391. The molecule has 3 aromatic rings. The second-order valence-electron chi connectivity index (χ2n) is 8.59. The Labute approximate surface area is 197 Å². The molecule has 0 radical (unpaired) electrons. The van der Waals surface area contributed by atoms with Gasteiger partial charge in [-0.25, -0.2) is 9.78 Å². The molecular weight excluding hydrogens is 471 g/mol. The lowest BCUT2D eigenvalue weighted by molar-refractivity contribution is -0.274. The fourth-order valence-electron chi connectivity index (χ4n) is 4.70. The van der Waals surface area contributed by atoms with Crippen LogP contribution in [-0.4, -0.2) is 46.9 Å². The number of furan rings is 1. The van der Waals surface area contributed by atoms with E-state index in [1.165, 1.54) is 34.4 Å². The van der Waals surface area contributed by atoms with Crippen LogP contribution in [0.5, 0.6) is 11.6 Å². The van der Waals surface area contributed by atoms with Crippen LogP contribution in [0.4, 0.5) is 18.0 Å². The van der Waals surface area contributed by atoms with Gasteiger partial charge in [0.2, 0.25) is 5.88 Å². The van der Waals surface area contributed by atoms with Gasteiger partial charge in [0.05, 0.1) is 23.4 Å². The number of benzene rings is 1. The molecule has 1 aliphatic heterocycles. The fourth-order valence-corrected chi connectivity index (χ4v) is 5.15. The summed E-state index contributed by atoms with van der Waals surface area (Å²) < 4.78 is 52.4. The van der Waals surface area contributed by atoms with E-state index in [4.69, 9.17) is 9.15 Å². The van der Waals surface area contributed by atoms with Crippen molar-refractivity contribution in [2.75, 3.05) is 19.6 Å². The summed E-state index contributed by atoms with van der Waals surface area (Å²) in [6.07, 6.45) is -1.95. The Kier molecular flexibility index (Phi) is 6.22. The second kappa shape index (κ2) is 9.30. The highest BCUT2D eigenvalue weighted by atomic mass is 32.1. The third kappa shape index (κ3) is 5.53. The predicted octanol–water partition coefficient (Wildman–Crippen LogP) is 5.01. The van der Waals surface area contributed by atoms with Gasteiger partial charge in [-0.1, -0.05) is 12.1 Å². The van der Waals surface area contributed by atoms with Gasteiger partial charge in [0, 0.05) is 38.3 Å². The number of piperidine rings is 1. The normalized spacial score (nSPS) is 21.8. The van der Waals surface area contributed by atoms with Crippen LogP contribution in [0.3, 0.4) is 0 Å². The number of nitrogens with zero attached hydrogens (tertiary/aromatic N) is 3. The highest BCUT2D eigenvalue weighted by Gasteiger charge is 2.56. The quantitative estimate of drug-likeness (QED) is 0.439. The molecule has 0 bridgehead atoms. The molecule has 3 heterocycles. The molecule has 0 spiro atoms. The molecular formula is C23H22F3N3O4S. The number of alkyl halides is 3. The smallest absolute Gasteiger partial charge is 0.472 e. The van der Waals surface area contributed by atoms with Crippen molar-refractivity contribution in [2.24, 2.45) is 17.8 Å². The van der Waals surface area contributed by atoms with Crippen LogP contribution >= 0.6 is 11.3 Å². The summed E-state index contributed by atoms with van der Waals surface area (Å²) in [5.74, 6) is 1.15. The van der Waals surface area contributed by atoms with Crippen LogP contribution in [0.25, 0.3) is 0 Å². The average molecular weight is 494 g/mol. The number of amides is 1. The molecule has 2 aliphatic rings. The second-order valence-corrected chi connectivity index (χ2v) is 9.31. The Morgan fingerprint density at radius 2 is 2.06 bits per heavy atom. The number of likely N-dealkylation sites (tertiary alicyclic amines) is 1. The minimum Gasteiger partial charge on any atom is -0.472 e. The largest absolute Gasteiger partial charge is 0.573 e. The first-order chi connectivity index (χ1) is 16.3. The number of ether oxygens (including phenoxy) is 2. The number of thiazole rings is 1. The van der Waals surface area contributed by atoms with E-state index in [9.17, 15) is 18.0 Å². The molecule has 1 saturated carbocycles. The minimum absolute atomic E-state index is 0.104. The van der Waals surface area contributed by atoms with E-state index in [0.717, 1.165) is 25.2 Å². The lowest BCUT2D eigenvalue weighted by Crippen LogP contribution is -2.36. The van der Waals surface area contributed by atoms with Crippen LogP contribution in [0.15, 0.2) is 58.2 Å². The topological polar surface area (TPSA) is 68.0 Å². The van der Waals surface area contributed by atoms with Crippen molar-refractivity contribution < 1.29 is 31.9 Å². The summed E-state index contributed by atoms with van der Waals surface area (Å²) in [7, 11) is 0. The number of hydrogen-bond donors (Lipinski definition) is 0. The maximum atomic E-state index is 12.9. The molecule has 2 fully saturated rings. The zero-order chi connectivity index (χ0) is 23.7. The number of halogens is 3. The molecule has 1 aliphatic carbocycles. The van der Waals surface area contributed by atoms with Gasteiger partial charge in [0.1, 0.15) is 5.75 Å². The number of carbonyl (C=O) groups is 1. The highest BCUT2D eigenvalue weighted by molar-refractivity contribution is 7.07. The van der Waals surface area contributed by atoms with Crippen molar-refractivity contribution in [3.8, 4) is 11.6 Å². The van der Waals surface area contributed by atoms with Crippen molar-refractivity contribution in [2.45, 2.75) is 19.5 Å². The molecule has 7 nitrogen and oxygen atoms in total. The van der Waals surface area contributed by atoms with E-state index < -0.39 is 12.5 Å². The van der Waals surface area contributed by atoms with Gasteiger partial charge in [-0.15, -0.1) is 24.5 Å². The summed E-state index contributed by atoms with van der Waals surface area (Å²) in [4.78, 5) is 20.8. The third-order valence-electron chi connectivity index (χ3n) is 6.23. The van der Waals surface area contributed by atoms with Gasteiger partial charge in [-0.05, 0) is 41.5 Å². The number of aromatic nitrogens is 1. The van der Waals surface area contributed by atoms with E-state index >= 15 is 0 Å². The van der Waals surface area contributed by atoms with Crippen molar-refractivity contribution in [3.05, 3.63) is 64.9 Å². The van der Waals surface area contributed by atoms with Gasteiger partial charge in [-0.3, -0.25) is 4.90 Å². The van der Waals surface area contributed by atoms with E-state index in [2.05, 4.69) is 14.6 Å². The number of rotatable bonds is 8. The average Bonchev–Trinajstić information content (AvgIpc) is 3.30. The predicted molar refractivity (Wildman–Crippen MR) is 116 cm³/mol. The van der Waals surface area contributed by atoms with Gasteiger partial charge >= 0.3 is 12.5 Å². The van der Waals surface area contributed by atoms with Crippen LogP contribution < -0.4 is 9.47 Å². The number of fused-ring (bicyclic) bond motifs is 1. The SMILES string of the molecule is O=C(Oc1cscn1)N(Cc1cccc(OC(F)(F)F)c1)CC1C2CN(Cc3ccoc3)CC21. The van der Waals surface area contributed by atoms with Crippen molar-refractivity contribution in [1.82, 2.24) is 14.8 Å². The zero-order valence-corrected chi connectivity index (χ0v) is 18.8. The van der Waals surface area contributed by atoms with Crippen LogP contribution in [0.1, 0.15) is 11.1 Å². The zero-order valence-electron chi connectivity index (χ0n) is 18.0. The highest BCUT2D eigenvalue weighted by Crippen LogP contribution is 2.52. The summed E-state index contributed by atoms with van der Waals surface area (Å²) in [6, 6.07) is 7.60. The first kappa shape index (κ1) is 22.7. The summed E-state index contributed by atoms with van der Waals surface area (Å²) in [5, 5.41) is 1.62. The van der Waals surface area contributed by atoms with E-state index in [1.807, 2.05) is 6.07 Å². The van der Waals surface area contributed by atoms with Crippen molar-refractivity contribution in [3.63, 3.8) is 0 Å². The maximum absolute atomic E-state index is 12.9. The first-order valence-electron chi connectivity index (χ1n) is 10.8. The molecule has 0 N–H and O–H groups in total. The lowest BCUT2D eigenvalue weighted by Gasteiger charge is -2.24. The van der Waals surface area contributed by atoms with E-state index in [0.29, 0.717) is 29.9 Å². The number of carbonyl (C=O) groups excluding carboxylic acids is 1. The molecule has 2 aromatic heterocycles. The molecule has 2 atom stereocenters. The molecule has 34 heavy (non-hydrogen) atoms. The minimum atomic E-state index is -4.78. The summed E-state index contributed by atoms with van der Waals surface area (Å²) >= 11 is 1.30. The Balaban J connectivity index is 1.24. The Morgan fingerprint density at radius 3 is 2.74 bits per heavy atom. The summed E-state index contributed by atoms with van der Waals surface area (Å²) in [6.45, 7) is 3.27. The van der Waals surface area contributed by atoms with E-state index in [-0.39, 0.29) is 18.2 Å². The van der Waals surface area contributed by atoms with Gasteiger partial charge in [0.15, 0.2) is 0 Å². The summed E-state index contributed by atoms with van der Waals surface area (Å²) in [5.41, 5.74) is 3.21. The molecule has 180 valence electrons. The van der Waals surface area contributed by atoms with Crippen LogP contribution in [0.2, 0.25) is 0 Å². The van der Waals surface area contributed by atoms with Gasteiger partial charge in [-0.2, -0.15) is 0 Å². The standard InChI is InChI=1S/C23H22F3N3O4S/c24-23(25,26)33-17-3-1-2-15(6-17)8-29(22(30)32-21-13-34-14-27-21)11-20-18-9-28(10-19(18)20)7-16-4-5-31-12-16/h1-6,12-14,18-20H,7-11H2. The van der Waals surface area contributed by atoms with Crippen LogP contribution in [-0.2, 0) is 13.1 Å². The van der Waals surface area contributed by atoms with Crippen LogP contribution in [0, 0.1) is 17.8 Å². The molecule has 2 unspecified atom stereocenters. The molecule has 1 saturated heterocycles. The Morgan fingerprint density at radius 1 is 1.24 bits per heavy atom. The first-order valence-corrected chi connectivity index (χ1v) is 11.7. The molecule has 1 amide bonds. The van der Waals surface area contributed by atoms with Crippen molar-refractivity contribution >= 4 is 17.4 Å². The van der Waals surface area contributed by atoms with Crippen molar-refractivity contribution in [1.29, 1.82) is 0 Å². The molecule has 5 rings (SSSR count). The third-order valence-corrected chi connectivity index (χ3v) is 6.79. The monoisotopic (exact) mass is 493 g/mol. The van der Waals surface area contributed by atoms with Gasteiger partial charge < -0.3 is 18.8 Å². The Hall–Kier alpha value is -3.05. The number of hydrogen-bond acceptors (Lipinski definition) is 7. The Bertz CT molecular complexity index is 1100. The maximum Gasteiger partial charge on any atom is 0.573 e. The molecule has 1 aromatic carbocycles. The van der Waals surface area contributed by atoms with Gasteiger partial charge in [0.25, 0.3) is 0 Å².